The van der Waals surface area contributed by atoms with E-state index in [1.807, 2.05) is 13.8 Å². The first-order valence-electron chi connectivity index (χ1n) is 6.27. The lowest BCUT2D eigenvalue weighted by Crippen LogP contribution is -2.41. The van der Waals surface area contributed by atoms with Gasteiger partial charge in [0, 0.05) is 0 Å². The van der Waals surface area contributed by atoms with Gasteiger partial charge in [0.05, 0.1) is 0 Å². The summed E-state index contributed by atoms with van der Waals surface area (Å²) < 4.78 is 51.6. The molecule has 0 bridgehead atoms. The number of nitrogens with one attached hydrogen (secondary N) is 1. The van der Waals surface area contributed by atoms with Gasteiger partial charge in [0.15, 0.2) is 0 Å². The standard InChI is InChI=1S/C14H19F4N/c1-4-9(2)10-5-7-11(8-6-10)12(19-3)14(17,18)13(15)16/h5-9,12-13,19H,4H2,1-3H3. The zero-order chi connectivity index (χ0) is 14.6. The molecule has 19 heavy (non-hydrogen) atoms. The van der Waals surface area contributed by atoms with Gasteiger partial charge < -0.3 is 5.32 Å². The third-order valence-electron chi connectivity index (χ3n) is 3.42. The minimum atomic E-state index is -4.09. The molecule has 5 heteroatoms. The molecule has 108 valence electrons. The average Bonchev–Trinajstić information content (AvgIpc) is 2.39. The molecule has 0 aliphatic heterocycles. The second-order valence-corrected chi connectivity index (χ2v) is 4.67. The van der Waals surface area contributed by atoms with Crippen LogP contribution in [0.5, 0.6) is 0 Å². The maximum atomic E-state index is 13.4. The molecule has 1 nitrogen and oxygen atoms in total. The Morgan fingerprint density at radius 1 is 1.11 bits per heavy atom. The normalized spacial score (nSPS) is 15.6. The smallest absolute Gasteiger partial charge is 0.308 e. The molecule has 1 aromatic rings. The lowest BCUT2D eigenvalue weighted by atomic mass is 9.94. The van der Waals surface area contributed by atoms with Crippen LogP contribution >= 0.6 is 0 Å². The summed E-state index contributed by atoms with van der Waals surface area (Å²) in [5, 5.41) is 2.27. The molecule has 0 radical (unpaired) electrons. The molecule has 2 unspecified atom stereocenters. The third kappa shape index (κ3) is 3.47. The van der Waals surface area contributed by atoms with Crippen LogP contribution in [0.4, 0.5) is 17.6 Å². The minimum absolute atomic E-state index is 0.167. The van der Waals surface area contributed by atoms with Crippen molar-refractivity contribution >= 4 is 0 Å². The van der Waals surface area contributed by atoms with Gasteiger partial charge in [-0.1, -0.05) is 38.1 Å². The molecule has 0 saturated heterocycles. The molecule has 0 aliphatic carbocycles. The van der Waals surface area contributed by atoms with Gasteiger partial charge in [-0.05, 0) is 30.5 Å². The first-order valence-corrected chi connectivity index (χ1v) is 6.27. The molecular formula is C14H19F4N. The predicted molar refractivity (Wildman–Crippen MR) is 67.9 cm³/mol. The Balaban J connectivity index is 3.01. The summed E-state index contributed by atoms with van der Waals surface area (Å²) in [6.07, 6.45) is -2.76. The monoisotopic (exact) mass is 277 g/mol. The van der Waals surface area contributed by atoms with E-state index in [0.29, 0.717) is 5.92 Å². The molecule has 0 heterocycles. The van der Waals surface area contributed by atoms with Crippen LogP contribution in [-0.4, -0.2) is 19.4 Å². The van der Waals surface area contributed by atoms with E-state index in [2.05, 4.69) is 5.32 Å². The highest BCUT2D eigenvalue weighted by atomic mass is 19.3. The highest BCUT2D eigenvalue weighted by molar-refractivity contribution is 5.28. The molecule has 1 rings (SSSR count). The van der Waals surface area contributed by atoms with E-state index in [-0.39, 0.29) is 5.56 Å². The second kappa shape index (κ2) is 6.37. The Morgan fingerprint density at radius 3 is 1.95 bits per heavy atom. The highest BCUT2D eigenvalue weighted by Gasteiger charge is 2.48. The molecule has 0 amide bonds. The SMILES string of the molecule is CCC(C)c1ccc(C(NC)C(F)(F)C(F)F)cc1. The molecule has 0 aliphatic rings. The topological polar surface area (TPSA) is 12.0 Å². The summed E-state index contributed by atoms with van der Waals surface area (Å²) in [5.41, 5.74) is 1.18. The van der Waals surface area contributed by atoms with Crippen molar-refractivity contribution in [3.05, 3.63) is 35.4 Å². The molecule has 1 aromatic carbocycles. The number of benzene rings is 1. The van der Waals surface area contributed by atoms with Crippen molar-refractivity contribution in [1.82, 2.24) is 5.32 Å². The van der Waals surface area contributed by atoms with Gasteiger partial charge in [-0.3, -0.25) is 0 Å². The molecule has 2 atom stereocenters. The van der Waals surface area contributed by atoms with Gasteiger partial charge in [0.25, 0.3) is 0 Å². The van der Waals surface area contributed by atoms with Gasteiger partial charge in [0.2, 0.25) is 0 Å². The van der Waals surface area contributed by atoms with E-state index in [4.69, 9.17) is 0 Å². The average molecular weight is 277 g/mol. The van der Waals surface area contributed by atoms with E-state index in [0.717, 1.165) is 12.0 Å². The minimum Gasteiger partial charge on any atom is -0.308 e. The largest absolute Gasteiger partial charge is 0.326 e. The Hall–Kier alpha value is -1.10. The van der Waals surface area contributed by atoms with Crippen molar-refractivity contribution in [2.45, 2.75) is 44.6 Å². The maximum Gasteiger partial charge on any atom is 0.326 e. The van der Waals surface area contributed by atoms with Crippen molar-refractivity contribution in [2.75, 3.05) is 7.05 Å². The fourth-order valence-electron chi connectivity index (χ4n) is 1.96. The van der Waals surface area contributed by atoms with Gasteiger partial charge >= 0.3 is 12.3 Å². The van der Waals surface area contributed by atoms with E-state index in [1.54, 1.807) is 12.1 Å². The van der Waals surface area contributed by atoms with Gasteiger partial charge in [-0.2, -0.15) is 8.78 Å². The van der Waals surface area contributed by atoms with E-state index >= 15 is 0 Å². The van der Waals surface area contributed by atoms with Crippen LogP contribution in [0.1, 0.15) is 43.4 Å². The molecule has 0 aromatic heterocycles. The molecular weight excluding hydrogens is 258 g/mol. The molecule has 1 N–H and O–H groups in total. The van der Waals surface area contributed by atoms with E-state index in [1.165, 1.54) is 19.2 Å². The van der Waals surface area contributed by atoms with Crippen LogP contribution < -0.4 is 5.32 Å². The van der Waals surface area contributed by atoms with Crippen LogP contribution in [0.2, 0.25) is 0 Å². The lowest BCUT2D eigenvalue weighted by Gasteiger charge is -2.26. The summed E-state index contributed by atoms with van der Waals surface area (Å²) >= 11 is 0. The number of alkyl halides is 4. The van der Waals surface area contributed by atoms with E-state index < -0.39 is 18.4 Å². The molecule has 0 spiro atoms. The summed E-state index contributed by atoms with van der Waals surface area (Å²) in [5.74, 6) is -3.77. The summed E-state index contributed by atoms with van der Waals surface area (Å²) in [4.78, 5) is 0. The van der Waals surface area contributed by atoms with Gasteiger partial charge in [0.1, 0.15) is 6.04 Å². The van der Waals surface area contributed by atoms with Crippen LogP contribution in [0, 0.1) is 0 Å². The van der Waals surface area contributed by atoms with Gasteiger partial charge in [-0.25, -0.2) is 8.78 Å². The number of rotatable bonds is 6. The number of hydrogen-bond acceptors (Lipinski definition) is 1. The van der Waals surface area contributed by atoms with E-state index in [9.17, 15) is 17.6 Å². The quantitative estimate of drug-likeness (QED) is 0.762. The fourth-order valence-corrected chi connectivity index (χ4v) is 1.96. The lowest BCUT2D eigenvalue weighted by molar-refractivity contribution is -0.150. The van der Waals surface area contributed by atoms with Crippen molar-refractivity contribution < 1.29 is 17.6 Å². The maximum absolute atomic E-state index is 13.4. The number of hydrogen-bond donors (Lipinski definition) is 1. The zero-order valence-electron chi connectivity index (χ0n) is 11.3. The van der Waals surface area contributed by atoms with Crippen LogP contribution in [0.25, 0.3) is 0 Å². The Kier molecular flexibility index (Phi) is 5.35. The molecule has 0 saturated carbocycles. The first-order chi connectivity index (χ1) is 8.84. The van der Waals surface area contributed by atoms with Crippen LogP contribution in [0.15, 0.2) is 24.3 Å². The summed E-state index contributed by atoms with van der Waals surface area (Å²) in [6.45, 7) is 4.05. The first kappa shape index (κ1) is 16.0. The second-order valence-electron chi connectivity index (χ2n) is 4.67. The van der Waals surface area contributed by atoms with Crippen molar-refractivity contribution in [3.8, 4) is 0 Å². The van der Waals surface area contributed by atoms with Crippen molar-refractivity contribution in [2.24, 2.45) is 0 Å². The predicted octanol–water partition coefficient (Wildman–Crippen LogP) is 4.36. The van der Waals surface area contributed by atoms with Gasteiger partial charge in [-0.15, -0.1) is 0 Å². The summed E-state index contributed by atoms with van der Waals surface area (Å²) in [7, 11) is 1.25. The Bertz CT molecular complexity index is 389. The number of halogens is 4. The van der Waals surface area contributed by atoms with Crippen molar-refractivity contribution in [1.29, 1.82) is 0 Å². The zero-order valence-corrected chi connectivity index (χ0v) is 11.3. The fraction of sp³-hybridized carbons (Fsp3) is 0.571. The third-order valence-corrected chi connectivity index (χ3v) is 3.42. The highest BCUT2D eigenvalue weighted by Crippen LogP contribution is 2.36. The Labute approximate surface area is 111 Å². The van der Waals surface area contributed by atoms with Crippen LogP contribution in [-0.2, 0) is 0 Å². The van der Waals surface area contributed by atoms with Crippen molar-refractivity contribution in [3.63, 3.8) is 0 Å². The summed E-state index contributed by atoms with van der Waals surface area (Å²) in [6, 6.07) is 4.72. The Morgan fingerprint density at radius 2 is 1.58 bits per heavy atom. The van der Waals surface area contributed by atoms with Crippen LogP contribution in [0.3, 0.4) is 0 Å². The molecule has 0 fully saturated rings.